The molecule has 0 atom stereocenters. The highest BCUT2D eigenvalue weighted by molar-refractivity contribution is 5.94. The lowest BCUT2D eigenvalue weighted by Crippen LogP contribution is -2.13. The van der Waals surface area contributed by atoms with E-state index < -0.39 is 0 Å². The third-order valence-electron chi connectivity index (χ3n) is 4.14. The Hall–Kier alpha value is -2.69. The normalized spacial score (nSPS) is 11.0. The number of fused-ring (bicyclic) bond motifs is 1. The third-order valence-corrected chi connectivity index (χ3v) is 4.14. The quantitative estimate of drug-likeness (QED) is 0.645. The van der Waals surface area contributed by atoms with Crippen molar-refractivity contribution in [3.63, 3.8) is 0 Å². The van der Waals surface area contributed by atoms with Gasteiger partial charge in [-0.05, 0) is 43.2 Å². The van der Waals surface area contributed by atoms with Crippen LogP contribution in [0.2, 0.25) is 0 Å². The van der Waals surface area contributed by atoms with E-state index in [9.17, 15) is 9.18 Å². The average molecular weight is 339 g/mol. The number of aryl methyl sites for hydroxylation is 1. The molecule has 130 valence electrons. The molecule has 1 aromatic carbocycles. The second-order valence-electron chi connectivity index (χ2n) is 6.26. The molecule has 0 aliphatic heterocycles. The van der Waals surface area contributed by atoms with E-state index in [-0.39, 0.29) is 11.7 Å². The number of amides is 1. The highest BCUT2D eigenvalue weighted by Crippen LogP contribution is 2.29. The fourth-order valence-corrected chi connectivity index (χ4v) is 2.83. The lowest BCUT2D eigenvalue weighted by atomic mass is 10.1. The third kappa shape index (κ3) is 3.87. The first-order chi connectivity index (χ1) is 12.1. The van der Waals surface area contributed by atoms with Crippen molar-refractivity contribution >= 4 is 17.4 Å². The van der Waals surface area contributed by atoms with Crippen LogP contribution in [0, 0.1) is 12.7 Å². The molecule has 0 unspecified atom stereocenters. The van der Waals surface area contributed by atoms with Gasteiger partial charge in [-0.25, -0.2) is 9.37 Å². The van der Waals surface area contributed by atoms with Crippen LogP contribution in [-0.2, 0) is 4.79 Å². The van der Waals surface area contributed by atoms with Crippen molar-refractivity contribution in [2.75, 3.05) is 5.32 Å². The smallest absolute Gasteiger partial charge is 0.225 e. The van der Waals surface area contributed by atoms with E-state index in [0.29, 0.717) is 23.5 Å². The van der Waals surface area contributed by atoms with Crippen molar-refractivity contribution in [1.82, 2.24) is 9.38 Å². The average Bonchev–Trinajstić information content (AvgIpc) is 2.92. The number of anilines is 1. The maximum Gasteiger partial charge on any atom is 0.225 e. The first kappa shape index (κ1) is 17.1. The van der Waals surface area contributed by atoms with Crippen LogP contribution in [0.1, 0.15) is 38.2 Å². The van der Waals surface area contributed by atoms with E-state index >= 15 is 0 Å². The fraction of sp³-hybridized carbons (Fsp3) is 0.300. The summed E-state index contributed by atoms with van der Waals surface area (Å²) in [5, 5.41) is 2.97. The number of nitrogens with zero attached hydrogens (tertiary/aromatic N) is 2. The number of benzene rings is 1. The Morgan fingerprint density at radius 2 is 2.08 bits per heavy atom. The number of rotatable bonds is 6. The van der Waals surface area contributed by atoms with Crippen molar-refractivity contribution in [3.05, 3.63) is 54.0 Å². The van der Waals surface area contributed by atoms with Crippen LogP contribution in [0.4, 0.5) is 10.2 Å². The van der Waals surface area contributed by atoms with Crippen LogP contribution < -0.4 is 5.32 Å². The van der Waals surface area contributed by atoms with Crippen LogP contribution in [0.5, 0.6) is 0 Å². The fourth-order valence-electron chi connectivity index (χ4n) is 2.83. The van der Waals surface area contributed by atoms with Gasteiger partial charge in [-0.1, -0.05) is 31.9 Å². The van der Waals surface area contributed by atoms with Gasteiger partial charge in [0.15, 0.2) is 0 Å². The van der Waals surface area contributed by atoms with Gasteiger partial charge in [-0.3, -0.25) is 9.20 Å². The summed E-state index contributed by atoms with van der Waals surface area (Å²) in [5.74, 6) is 0.210. The maximum atomic E-state index is 13.7. The molecule has 0 spiro atoms. The maximum absolute atomic E-state index is 13.7. The molecule has 0 saturated heterocycles. The predicted octanol–water partition coefficient (Wildman–Crippen LogP) is 4.97. The van der Waals surface area contributed by atoms with E-state index in [4.69, 9.17) is 0 Å². The van der Waals surface area contributed by atoms with Crippen LogP contribution in [0.15, 0.2) is 42.6 Å². The van der Waals surface area contributed by atoms with Crippen LogP contribution >= 0.6 is 0 Å². The number of nitrogens with one attached hydrogen (secondary N) is 1. The van der Waals surface area contributed by atoms with E-state index in [2.05, 4.69) is 17.2 Å². The molecule has 25 heavy (non-hydrogen) atoms. The van der Waals surface area contributed by atoms with Gasteiger partial charge >= 0.3 is 0 Å². The Morgan fingerprint density at radius 1 is 1.24 bits per heavy atom. The molecule has 0 bridgehead atoms. The standard InChI is InChI=1S/C20H22FN3O/c1-3-4-5-9-18(25)23-20-19(15-7-6-8-16(21)13-15)22-17-12-14(2)10-11-24(17)20/h6-8,10-13H,3-5,9H2,1-2H3,(H,23,25). The molecule has 3 aromatic rings. The molecule has 2 heterocycles. The van der Waals surface area contributed by atoms with Crippen molar-refractivity contribution in [2.24, 2.45) is 0 Å². The first-order valence-electron chi connectivity index (χ1n) is 8.63. The summed E-state index contributed by atoms with van der Waals surface area (Å²) >= 11 is 0. The second kappa shape index (κ2) is 7.47. The van der Waals surface area contributed by atoms with Gasteiger partial charge in [0.05, 0.1) is 0 Å². The van der Waals surface area contributed by atoms with Gasteiger partial charge in [0.25, 0.3) is 0 Å². The molecular weight excluding hydrogens is 317 g/mol. The minimum absolute atomic E-state index is 0.0477. The SMILES string of the molecule is CCCCCC(=O)Nc1c(-c2cccc(F)c2)nc2cc(C)ccn12. The number of pyridine rings is 1. The molecule has 4 nitrogen and oxygen atoms in total. The van der Waals surface area contributed by atoms with Gasteiger partial charge in [-0.15, -0.1) is 0 Å². The zero-order chi connectivity index (χ0) is 17.8. The summed E-state index contributed by atoms with van der Waals surface area (Å²) in [4.78, 5) is 16.9. The Morgan fingerprint density at radius 3 is 2.84 bits per heavy atom. The highest BCUT2D eigenvalue weighted by atomic mass is 19.1. The molecule has 0 aliphatic carbocycles. The number of aromatic nitrogens is 2. The highest BCUT2D eigenvalue weighted by Gasteiger charge is 2.16. The number of imidazole rings is 1. The number of unbranched alkanes of at least 4 members (excludes halogenated alkanes) is 2. The number of carbonyl (C=O) groups is 1. The van der Waals surface area contributed by atoms with Crippen LogP contribution in [-0.4, -0.2) is 15.3 Å². The van der Waals surface area contributed by atoms with Crippen LogP contribution in [0.25, 0.3) is 16.9 Å². The van der Waals surface area contributed by atoms with Gasteiger partial charge in [-0.2, -0.15) is 0 Å². The summed E-state index contributed by atoms with van der Waals surface area (Å²) in [6.45, 7) is 4.09. The molecule has 0 aliphatic rings. The topological polar surface area (TPSA) is 46.4 Å². The molecular formula is C20H22FN3O. The summed E-state index contributed by atoms with van der Waals surface area (Å²) in [6, 6.07) is 10.2. The number of carbonyl (C=O) groups excluding carboxylic acids is 1. The van der Waals surface area contributed by atoms with Gasteiger partial charge in [0.1, 0.15) is 23.0 Å². The Bertz CT molecular complexity index is 901. The van der Waals surface area contributed by atoms with Gasteiger partial charge in [0, 0.05) is 18.2 Å². The summed E-state index contributed by atoms with van der Waals surface area (Å²) in [6.07, 6.45) is 5.29. The largest absolute Gasteiger partial charge is 0.310 e. The Labute approximate surface area is 146 Å². The lowest BCUT2D eigenvalue weighted by molar-refractivity contribution is -0.116. The molecule has 0 saturated carbocycles. The second-order valence-corrected chi connectivity index (χ2v) is 6.26. The zero-order valence-electron chi connectivity index (χ0n) is 14.6. The van der Waals surface area contributed by atoms with E-state index in [1.807, 2.05) is 29.7 Å². The molecule has 2 aromatic heterocycles. The lowest BCUT2D eigenvalue weighted by Gasteiger charge is -2.08. The van der Waals surface area contributed by atoms with Crippen molar-refractivity contribution in [3.8, 4) is 11.3 Å². The summed E-state index contributed by atoms with van der Waals surface area (Å²) < 4.78 is 15.5. The van der Waals surface area contributed by atoms with E-state index in [0.717, 1.165) is 30.5 Å². The minimum Gasteiger partial charge on any atom is -0.310 e. The number of hydrogen-bond acceptors (Lipinski definition) is 2. The number of halogens is 1. The van der Waals surface area contributed by atoms with E-state index in [1.54, 1.807) is 12.1 Å². The predicted molar refractivity (Wildman–Crippen MR) is 98.1 cm³/mol. The monoisotopic (exact) mass is 339 g/mol. The van der Waals surface area contributed by atoms with Gasteiger partial charge < -0.3 is 5.32 Å². The molecule has 0 radical (unpaired) electrons. The van der Waals surface area contributed by atoms with Crippen molar-refractivity contribution in [1.29, 1.82) is 0 Å². The first-order valence-corrected chi connectivity index (χ1v) is 8.63. The molecule has 3 rings (SSSR count). The van der Waals surface area contributed by atoms with Crippen molar-refractivity contribution < 1.29 is 9.18 Å². The zero-order valence-corrected chi connectivity index (χ0v) is 14.6. The molecule has 1 amide bonds. The van der Waals surface area contributed by atoms with Gasteiger partial charge in [0.2, 0.25) is 5.91 Å². The van der Waals surface area contributed by atoms with Crippen LogP contribution in [0.3, 0.4) is 0 Å². The Balaban J connectivity index is 2.01. The number of hydrogen-bond donors (Lipinski definition) is 1. The molecule has 0 fully saturated rings. The van der Waals surface area contributed by atoms with E-state index in [1.165, 1.54) is 12.1 Å². The summed E-state index contributed by atoms with van der Waals surface area (Å²) in [7, 11) is 0. The summed E-state index contributed by atoms with van der Waals surface area (Å²) in [5.41, 5.74) is 3.02. The molecule has 1 N–H and O–H groups in total. The van der Waals surface area contributed by atoms with Crippen molar-refractivity contribution in [2.45, 2.75) is 39.5 Å². The minimum atomic E-state index is -0.328. The molecule has 5 heteroatoms. The Kier molecular flexibility index (Phi) is 5.12.